The number of carbonyl (C=O) groups excluding carboxylic acids is 1. The quantitative estimate of drug-likeness (QED) is 0.619. The molecule has 0 amide bonds. The van der Waals surface area contributed by atoms with Gasteiger partial charge in [0.2, 0.25) is 0 Å². The van der Waals surface area contributed by atoms with Crippen molar-refractivity contribution in [2.75, 3.05) is 6.61 Å². The fourth-order valence-electron chi connectivity index (χ4n) is 1.52. The lowest BCUT2D eigenvalue weighted by atomic mass is 10.00. The Morgan fingerprint density at radius 3 is 2.60 bits per heavy atom. The molecule has 0 saturated heterocycles. The lowest BCUT2D eigenvalue weighted by Gasteiger charge is -2.12. The molecular weight excluding hydrogens is 303 g/mol. The predicted molar refractivity (Wildman–Crippen MR) is 66.8 cm³/mol. The Bertz CT molecular complexity index is 393. The number of hydrogen-bond acceptors (Lipinski definition) is 2. The van der Waals surface area contributed by atoms with Crippen LogP contribution < -0.4 is 0 Å². The summed E-state index contributed by atoms with van der Waals surface area (Å²) in [5.41, 5.74) is 1.52. The average Bonchev–Trinajstić information content (AvgIpc) is 2.30. The number of allylic oxidation sites excluding steroid dienone is 1. The maximum absolute atomic E-state index is 12.0. The maximum Gasteiger partial charge on any atom is 0.192 e. The van der Waals surface area contributed by atoms with Crippen molar-refractivity contribution in [3.63, 3.8) is 0 Å². The molecule has 0 atom stereocenters. The topological polar surface area (TPSA) is 26.3 Å². The van der Waals surface area contributed by atoms with Gasteiger partial charge in [-0.1, -0.05) is 12.1 Å². The van der Waals surface area contributed by atoms with Crippen LogP contribution >= 0.6 is 22.6 Å². The first-order chi connectivity index (χ1) is 7.27. The number of ether oxygens (including phenoxy) is 1. The van der Waals surface area contributed by atoms with Crippen LogP contribution in [0.4, 0.5) is 0 Å². The third-order valence-corrected chi connectivity index (χ3v) is 3.05. The normalized spacial score (nSPS) is 15.4. The molecule has 1 aromatic rings. The van der Waals surface area contributed by atoms with Gasteiger partial charge in [0.1, 0.15) is 0 Å². The number of Topliss-reactive ketones (excluding diaryl/α,β-unsaturated/α-hetero) is 1. The van der Waals surface area contributed by atoms with Crippen LogP contribution in [-0.2, 0) is 4.74 Å². The number of hydrogen-bond donors (Lipinski definition) is 0. The molecule has 0 unspecified atom stereocenters. The Labute approximate surface area is 102 Å². The highest BCUT2D eigenvalue weighted by molar-refractivity contribution is 14.1. The van der Waals surface area contributed by atoms with E-state index >= 15 is 0 Å². The first-order valence-corrected chi connectivity index (χ1v) is 5.96. The van der Waals surface area contributed by atoms with Crippen LogP contribution in [0.1, 0.15) is 23.2 Å². The van der Waals surface area contributed by atoms with Gasteiger partial charge in [0.05, 0.1) is 12.9 Å². The Morgan fingerprint density at radius 1 is 1.27 bits per heavy atom. The lowest BCUT2D eigenvalue weighted by molar-refractivity contribution is 0.101. The van der Waals surface area contributed by atoms with Gasteiger partial charge in [-0.3, -0.25) is 4.79 Å². The number of benzene rings is 1. The fraction of sp³-hybridized carbons (Fsp3) is 0.250. The molecule has 15 heavy (non-hydrogen) atoms. The summed E-state index contributed by atoms with van der Waals surface area (Å²) >= 11 is 2.22. The smallest absolute Gasteiger partial charge is 0.192 e. The second-order valence-corrected chi connectivity index (χ2v) is 4.70. The molecule has 0 saturated carbocycles. The molecule has 2 rings (SSSR count). The molecule has 0 bridgehead atoms. The first kappa shape index (κ1) is 10.7. The van der Waals surface area contributed by atoms with E-state index in [2.05, 4.69) is 22.6 Å². The molecule has 1 aliphatic rings. The Hall–Kier alpha value is -0.840. The molecule has 78 valence electrons. The molecule has 0 radical (unpaired) electrons. The predicted octanol–water partition coefficient (Wildman–Crippen LogP) is 3.17. The van der Waals surface area contributed by atoms with Crippen molar-refractivity contribution in [1.29, 1.82) is 0 Å². The Morgan fingerprint density at radius 2 is 2.00 bits per heavy atom. The second-order valence-electron chi connectivity index (χ2n) is 3.45. The van der Waals surface area contributed by atoms with Crippen LogP contribution in [-0.4, -0.2) is 12.4 Å². The van der Waals surface area contributed by atoms with Gasteiger partial charge in [-0.2, -0.15) is 0 Å². The summed E-state index contributed by atoms with van der Waals surface area (Å²) < 4.78 is 6.30. The minimum atomic E-state index is 0.0890. The van der Waals surface area contributed by atoms with Gasteiger partial charge in [-0.15, -0.1) is 0 Å². The van der Waals surface area contributed by atoms with Crippen molar-refractivity contribution in [3.8, 4) is 0 Å². The van der Waals surface area contributed by atoms with Crippen LogP contribution in [0.2, 0.25) is 0 Å². The lowest BCUT2D eigenvalue weighted by Crippen LogP contribution is -2.09. The largest absolute Gasteiger partial charge is 0.501 e. The van der Waals surface area contributed by atoms with Crippen molar-refractivity contribution in [2.24, 2.45) is 0 Å². The van der Waals surface area contributed by atoms with Crippen LogP contribution in [0.15, 0.2) is 36.1 Å². The molecule has 0 spiro atoms. The van der Waals surface area contributed by atoms with E-state index in [0.29, 0.717) is 0 Å². The maximum atomic E-state index is 12.0. The number of carbonyl (C=O) groups is 1. The summed E-state index contributed by atoms with van der Waals surface area (Å²) in [4.78, 5) is 12.0. The van der Waals surface area contributed by atoms with Gasteiger partial charge in [0, 0.05) is 14.7 Å². The van der Waals surface area contributed by atoms with Crippen LogP contribution in [0, 0.1) is 3.57 Å². The van der Waals surface area contributed by atoms with Crippen LogP contribution in [0.25, 0.3) is 0 Å². The van der Waals surface area contributed by atoms with E-state index in [1.165, 1.54) is 0 Å². The summed E-state index contributed by atoms with van der Waals surface area (Å²) in [6, 6.07) is 7.61. The highest BCUT2D eigenvalue weighted by atomic mass is 127. The third kappa shape index (κ3) is 2.59. The number of rotatable bonds is 2. The van der Waals surface area contributed by atoms with Crippen molar-refractivity contribution >= 4 is 28.4 Å². The Kier molecular flexibility index (Phi) is 3.41. The number of ketones is 1. The molecule has 0 fully saturated rings. The molecule has 1 aromatic carbocycles. The zero-order chi connectivity index (χ0) is 10.7. The minimum Gasteiger partial charge on any atom is -0.501 e. The molecule has 0 N–H and O–H groups in total. The average molecular weight is 314 g/mol. The van der Waals surface area contributed by atoms with E-state index in [1.807, 2.05) is 24.3 Å². The third-order valence-electron chi connectivity index (χ3n) is 2.33. The van der Waals surface area contributed by atoms with Crippen molar-refractivity contribution in [1.82, 2.24) is 0 Å². The van der Waals surface area contributed by atoms with Crippen molar-refractivity contribution in [2.45, 2.75) is 12.8 Å². The van der Waals surface area contributed by atoms with Crippen LogP contribution in [0.5, 0.6) is 0 Å². The van der Waals surface area contributed by atoms with Gasteiger partial charge < -0.3 is 4.74 Å². The van der Waals surface area contributed by atoms with Gasteiger partial charge >= 0.3 is 0 Å². The summed E-state index contributed by atoms with van der Waals surface area (Å²) in [5, 5.41) is 0. The summed E-state index contributed by atoms with van der Waals surface area (Å²) in [5.74, 6) is 0.0890. The van der Waals surface area contributed by atoms with Crippen molar-refractivity contribution in [3.05, 3.63) is 45.2 Å². The van der Waals surface area contributed by atoms with E-state index in [-0.39, 0.29) is 5.78 Å². The van der Waals surface area contributed by atoms with E-state index in [0.717, 1.165) is 34.2 Å². The fourth-order valence-corrected chi connectivity index (χ4v) is 1.88. The van der Waals surface area contributed by atoms with Crippen molar-refractivity contribution < 1.29 is 9.53 Å². The van der Waals surface area contributed by atoms with Crippen LogP contribution in [0.3, 0.4) is 0 Å². The molecule has 1 aliphatic heterocycles. The zero-order valence-electron chi connectivity index (χ0n) is 8.20. The highest BCUT2D eigenvalue weighted by Crippen LogP contribution is 2.18. The van der Waals surface area contributed by atoms with E-state index in [9.17, 15) is 4.79 Å². The molecular formula is C12H11IO2. The summed E-state index contributed by atoms with van der Waals surface area (Å²) in [6.07, 6.45) is 3.36. The Balaban J connectivity index is 2.20. The first-order valence-electron chi connectivity index (χ1n) is 4.88. The minimum absolute atomic E-state index is 0.0890. The van der Waals surface area contributed by atoms with E-state index in [4.69, 9.17) is 4.74 Å². The van der Waals surface area contributed by atoms with Gasteiger partial charge in [0.25, 0.3) is 0 Å². The van der Waals surface area contributed by atoms with E-state index < -0.39 is 0 Å². The standard InChI is InChI=1S/C12H11IO2/c13-11-5-3-9(4-6-11)12(14)10-2-1-7-15-8-10/h3-6,8H,1-2,7H2. The zero-order valence-corrected chi connectivity index (χ0v) is 10.4. The monoisotopic (exact) mass is 314 g/mol. The van der Waals surface area contributed by atoms with E-state index in [1.54, 1.807) is 6.26 Å². The molecule has 0 aromatic heterocycles. The molecule has 1 heterocycles. The SMILES string of the molecule is O=C(C1=COCCC1)c1ccc(I)cc1. The van der Waals surface area contributed by atoms with Gasteiger partial charge in [-0.05, 0) is 47.6 Å². The second kappa shape index (κ2) is 4.79. The molecule has 3 heteroatoms. The van der Waals surface area contributed by atoms with Gasteiger partial charge in [0.15, 0.2) is 5.78 Å². The summed E-state index contributed by atoms with van der Waals surface area (Å²) in [7, 11) is 0. The number of halogens is 1. The highest BCUT2D eigenvalue weighted by Gasteiger charge is 2.14. The molecule has 0 aliphatic carbocycles. The molecule has 2 nitrogen and oxygen atoms in total. The van der Waals surface area contributed by atoms with Gasteiger partial charge in [-0.25, -0.2) is 0 Å². The summed E-state index contributed by atoms with van der Waals surface area (Å²) in [6.45, 7) is 0.726.